The molecule has 1 aromatic carbocycles. The lowest BCUT2D eigenvalue weighted by Crippen LogP contribution is -2.28. The van der Waals surface area contributed by atoms with Gasteiger partial charge in [0.05, 0.1) is 12.2 Å². The Morgan fingerprint density at radius 3 is 2.50 bits per heavy atom. The first kappa shape index (κ1) is 10.2. The lowest BCUT2D eigenvalue weighted by Gasteiger charge is -2.05. The Bertz CT molecular complexity index is 572. The van der Waals surface area contributed by atoms with Crippen molar-refractivity contribution in [2.45, 2.75) is 6.54 Å². The molecule has 0 atom stereocenters. The molecule has 5 nitrogen and oxygen atoms in total. The molecule has 0 fully saturated rings. The van der Waals surface area contributed by atoms with Crippen molar-refractivity contribution in [1.29, 1.82) is 0 Å². The molecular weight excluding hydrogens is 206 g/mol. The molecule has 0 bridgehead atoms. The molecule has 2 aromatic rings. The summed E-state index contributed by atoms with van der Waals surface area (Å²) in [4.78, 5) is 21.9. The largest absolute Gasteiger partial charge is 0.379 e. The Hall–Kier alpha value is -2.30. The van der Waals surface area contributed by atoms with Crippen LogP contribution in [0, 0.1) is 0 Å². The van der Waals surface area contributed by atoms with E-state index in [4.69, 9.17) is 0 Å². The van der Waals surface area contributed by atoms with Crippen LogP contribution in [0.5, 0.6) is 0 Å². The van der Waals surface area contributed by atoms with Crippen molar-refractivity contribution in [3.63, 3.8) is 0 Å². The van der Waals surface area contributed by atoms with Gasteiger partial charge in [0.15, 0.2) is 0 Å². The van der Waals surface area contributed by atoms with Crippen molar-refractivity contribution in [2.24, 2.45) is 0 Å². The third-order valence-corrected chi connectivity index (χ3v) is 2.12. The van der Waals surface area contributed by atoms with Gasteiger partial charge >= 0.3 is 5.56 Å². The molecule has 0 radical (unpaired) electrons. The van der Waals surface area contributed by atoms with E-state index < -0.39 is 11.0 Å². The molecule has 16 heavy (non-hydrogen) atoms. The summed E-state index contributed by atoms with van der Waals surface area (Å²) >= 11 is 0. The van der Waals surface area contributed by atoms with E-state index in [9.17, 15) is 9.59 Å². The second-order valence-corrected chi connectivity index (χ2v) is 3.33. The zero-order valence-corrected chi connectivity index (χ0v) is 8.49. The van der Waals surface area contributed by atoms with Gasteiger partial charge in [-0.15, -0.1) is 0 Å². The molecule has 0 aliphatic rings. The molecule has 1 heterocycles. The number of aromatic nitrogens is 2. The number of H-pyrrole nitrogens is 2. The first-order valence-corrected chi connectivity index (χ1v) is 4.85. The van der Waals surface area contributed by atoms with Crippen molar-refractivity contribution in [2.75, 3.05) is 5.32 Å². The summed E-state index contributed by atoms with van der Waals surface area (Å²) in [6.45, 7) is 0.454. The molecule has 0 spiro atoms. The van der Waals surface area contributed by atoms with Crippen LogP contribution < -0.4 is 16.3 Å². The van der Waals surface area contributed by atoms with Crippen LogP contribution in [-0.4, -0.2) is 10.2 Å². The first-order valence-electron chi connectivity index (χ1n) is 4.85. The van der Waals surface area contributed by atoms with Gasteiger partial charge in [-0.25, -0.2) is 0 Å². The fraction of sp³-hybridized carbons (Fsp3) is 0.0909. The second kappa shape index (κ2) is 4.48. The molecule has 82 valence electrons. The predicted molar refractivity (Wildman–Crippen MR) is 61.5 cm³/mol. The monoisotopic (exact) mass is 217 g/mol. The van der Waals surface area contributed by atoms with E-state index in [0.29, 0.717) is 12.2 Å². The molecule has 0 saturated carbocycles. The highest BCUT2D eigenvalue weighted by molar-refractivity contribution is 5.42. The summed E-state index contributed by atoms with van der Waals surface area (Å²) in [6, 6.07) is 10.9. The maximum atomic E-state index is 11.1. The smallest absolute Gasteiger partial charge is 0.310 e. The summed E-state index contributed by atoms with van der Waals surface area (Å²) in [5.74, 6) is 0. The number of para-hydroxylation sites is 1. The van der Waals surface area contributed by atoms with E-state index in [2.05, 4.69) is 15.5 Å². The number of hydrogen-bond acceptors (Lipinski definition) is 3. The summed E-state index contributed by atoms with van der Waals surface area (Å²) in [7, 11) is 0. The Morgan fingerprint density at radius 2 is 1.81 bits per heavy atom. The lowest BCUT2D eigenvalue weighted by atomic mass is 10.3. The minimum absolute atomic E-state index is 0.454. The minimum atomic E-state index is -0.636. The third kappa shape index (κ3) is 2.38. The number of anilines is 1. The molecule has 2 rings (SSSR count). The lowest BCUT2D eigenvalue weighted by molar-refractivity contribution is 0.889. The van der Waals surface area contributed by atoms with Gasteiger partial charge in [-0.05, 0) is 12.1 Å². The highest BCUT2D eigenvalue weighted by Gasteiger charge is 1.97. The van der Waals surface area contributed by atoms with Crippen LogP contribution in [0.15, 0.2) is 46.0 Å². The van der Waals surface area contributed by atoms with Gasteiger partial charge in [-0.2, -0.15) is 0 Å². The molecule has 0 amide bonds. The van der Waals surface area contributed by atoms with Gasteiger partial charge in [0.2, 0.25) is 5.43 Å². The van der Waals surface area contributed by atoms with Crippen molar-refractivity contribution in [3.05, 3.63) is 62.7 Å². The van der Waals surface area contributed by atoms with Gasteiger partial charge in [-0.3, -0.25) is 14.7 Å². The molecule has 0 saturated heterocycles. The van der Waals surface area contributed by atoms with Crippen LogP contribution in [-0.2, 0) is 6.54 Å². The molecule has 0 aliphatic heterocycles. The van der Waals surface area contributed by atoms with Gasteiger partial charge in [0.1, 0.15) is 0 Å². The Balaban J connectivity index is 2.08. The SMILES string of the molecule is O=c1cc(CNc2ccccc2)[nH][nH]c1=O. The summed E-state index contributed by atoms with van der Waals surface area (Å²) < 4.78 is 0. The fourth-order valence-electron chi connectivity index (χ4n) is 1.31. The van der Waals surface area contributed by atoms with Gasteiger partial charge < -0.3 is 10.4 Å². The average molecular weight is 217 g/mol. The molecular formula is C11H11N3O2. The van der Waals surface area contributed by atoms with E-state index in [1.54, 1.807) is 0 Å². The van der Waals surface area contributed by atoms with Crippen LogP contribution in [0.3, 0.4) is 0 Å². The number of nitrogens with one attached hydrogen (secondary N) is 3. The minimum Gasteiger partial charge on any atom is -0.379 e. The van der Waals surface area contributed by atoms with Gasteiger partial charge in [-0.1, -0.05) is 18.2 Å². The van der Waals surface area contributed by atoms with Crippen LogP contribution >= 0.6 is 0 Å². The van der Waals surface area contributed by atoms with E-state index >= 15 is 0 Å². The Morgan fingerprint density at radius 1 is 1.06 bits per heavy atom. The Labute approximate surface area is 91.1 Å². The maximum absolute atomic E-state index is 11.1. The van der Waals surface area contributed by atoms with E-state index in [1.807, 2.05) is 30.3 Å². The Kier molecular flexibility index (Phi) is 2.86. The number of rotatable bonds is 3. The predicted octanol–water partition coefficient (Wildman–Crippen LogP) is 0.675. The van der Waals surface area contributed by atoms with E-state index in [-0.39, 0.29) is 0 Å². The highest BCUT2D eigenvalue weighted by Crippen LogP contribution is 2.05. The van der Waals surface area contributed by atoms with E-state index in [0.717, 1.165) is 5.69 Å². The topological polar surface area (TPSA) is 77.8 Å². The molecule has 0 aliphatic carbocycles. The van der Waals surface area contributed by atoms with Crippen molar-refractivity contribution in [3.8, 4) is 0 Å². The normalized spacial score (nSPS) is 10.0. The van der Waals surface area contributed by atoms with Crippen molar-refractivity contribution < 1.29 is 0 Å². The van der Waals surface area contributed by atoms with Crippen molar-refractivity contribution in [1.82, 2.24) is 10.2 Å². The maximum Gasteiger partial charge on any atom is 0.310 e. The molecule has 1 aromatic heterocycles. The van der Waals surface area contributed by atoms with Gasteiger partial charge in [0.25, 0.3) is 0 Å². The van der Waals surface area contributed by atoms with Crippen LogP contribution in [0.2, 0.25) is 0 Å². The standard InChI is InChI=1S/C11H11N3O2/c15-10-6-9(13-14-11(10)16)7-12-8-4-2-1-3-5-8/h1-6,12H,7H2,(H,13,15)(H,14,16). The number of aromatic amines is 2. The van der Waals surface area contributed by atoms with Crippen LogP contribution in [0.1, 0.15) is 5.69 Å². The van der Waals surface area contributed by atoms with Gasteiger partial charge in [0, 0.05) is 11.8 Å². The average Bonchev–Trinajstić information content (AvgIpc) is 2.32. The molecule has 0 unspecified atom stereocenters. The zero-order chi connectivity index (χ0) is 11.4. The summed E-state index contributed by atoms with van der Waals surface area (Å²) in [6.07, 6.45) is 0. The quantitative estimate of drug-likeness (QED) is 0.661. The highest BCUT2D eigenvalue weighted by atomic mass is 16.2. The fourth-order valence-corrected chi connectivity index (χ4v) is 1.31. The number of hydrogen-bond donors (Lipinski definition) is 3. The molecule has 5 heteroatoms. The molecule has 3 N–H and O–H groups in total. The van der Waals surface area contributed by atoms with E-state index in [1.165, 1.54) is 6.07 Å². The summed E-state index contributed by atoms with van der Waals surface area (Å²) in [5.41, 5.74) is 0.412. The summed E-state index contributed by atoms with van der Waals surface area (Å²) in [5, 5.41) is 8.03. The van der Waals surface area contributed by atoms with Crippen molar-refractivity contribution >= 4 is 5.69 Å². The second-order valence-electron chi connectivity index (χ2n) is 3.33. The number of benzene rings is 1. The zero-order valence-electron chi connectivity index (χ0n) is 8.49. The third-order valence-electron chi connectivity index (χ3n) is 2.12. The first-order chi connectivity index (χ1) is 7.75. The van der Waals surface area contributed by atoms with Crippen LogP contribution in [0.25, 0.3) is 0 Å². The van der Waals surface area contributed by atoms with Crippen LogP contribution in [0.4, 0.5) is 5.69 Å².